The molecule has 1 N–H and O–H groups in total. The lowest BCUT2D eigenvalue weighted by molar-refractivity contribution is 0.0955. The molecular weight excluding hydrogens is 309 g/mol. The zero-order chi connectivity index (χ0) is 16.9. The van der Waals surface area contributed by atoms with Crippen molar-refractivity contribution in [1.82, 2.24) is 19.8 Å². The average molecular weight is 325 g/mol. The predicted octanol–water partition coefficient (Wildman–Crippen LogP) is 2.60. The molecule has 0 aliphatic carbocycles. The zero-order valence-corrected chi connectivity index (χ0v) is 13.1. The van der Waals surface area contributed by atoms with Gasteiger partial charge in [0.1, 0.15) is 0 Å². The minimum absolute atomic E-state index is 0.218. The fourth-order valence-corrected chi connectivity index (χ4v) is 2.30. The van der Waals surface area contributed by atoms with Crippen LogP contribution in [-0.4, -0.2) is 26.5 Å². The summed E-state index contributed by atoms with van der Waals surface area (Å²) in [6.07, 6.45) is 6.31. The molecule has 1 amide bonds. The first kappa shape index (κ1) is 15.7. The number of hydrogen-bond acceptors (Lipinski definition) is 3. The largest absolute Gasteiger partial charge is 0.323 e. The normalized spacial score (nSPS) is 11.1. The molecule has 2 heterocycles. The SMILES string of the molecule is CCn1ncc(/C=N/NC(=O)c2ccccc2-n2cccc2)c1F. The van der Waals surface area contributed by atoms with E-state index in [0.717, 1.165) is 5.69 Å². The van der Waals surface area contributed by atoms with Crippen molar-refractivity contribution < 1.29 is 9.18 Å². The first-order valence-corrected chi connectivity index (χ1v) is 7.47. The van der Waals surface area contributed by atoms with Crippen molar-refractivity contribution >= 4 is 12.1 Å². The number of amides is 1. The summed E-state index contributed by atoms with van der Waals surface area (Å²) < 4.78 is 16.9. The third-order valence-corrected chi connectivity index (χ3v) is 3.50. The van der Waals surface area contributed by atoms with Crippen LogP contribution in [0.1, 0.15) is 22.8 Å². The molecule has 3 rings (SSSR count). The Morgan fingerprint density at radius 3 is 2.75 bits per heavy atom. The topological polar surface area (TPSA) is 64.2 Å². The lowest BCUT2D eigenvalue weighted by Crippen LogP contribution is -2.19. The molecule has 0 saturated heterocycles. The number of benzene rings is 1. The van der Waals surface area contributed by atoms with Crippen LogP contribution < -0.4 is 5.43 Å². The van der Waals surface area contributed by atoms with Gasteiger partial charge < -0.3 is 4.57 Å². The second kappa shape index (κ2) is 6.91. The number of halogens is 1. The van der Waals surface area contributed by atoms with Gasteiger partial charge in [-0.05, 0) is 31.2 Å². The molecule has 0 aliphatic rings. The fraction of sp³-hybridized carbons (Fsp3) is 0.118. The van der Waals surface area contributed by atoms with Crippen molar-refractivity contribution in [3.8, 4) is 5.69 Å². The van der Waals surface area contributed by atoms with Gasteiger partial charge in [-0.15, -0.1) is 0 Å². The molecule has 24 heavy (non-hydrogen) atoms. The Morgan fingerprint density at radius 1 is 1.29 bits per heavy atom. The molecule has 0 unspecified atom stereocenters. The maximum atomic E-state index is 13.8. The van der Waals surface area contributed by atoms with Crippen molar-refractivity contribution in [2.24, 2.45) is 5.10 Å². The Kier molecular flexibility index (Phi) is 4.51. The lowest BCUT2D eigenvalue weighted by Gasteiger charge is -2.08. The van der Waals surface area contributed by atoms with Crippen molar-refractivity contribution in [2.45, 2.75) is 13.5 Å². The van der Waals surface area contributed by atoms with Gasteiger partial charge in [-0.2, -0.15) is 14.6 Å². The first-order valence-electron chi connectivity index (χ1n) is 7.47. The summed E-state index contributed by atoms with van der Waals surface area (Å²) in [4.78, 5) is 12.3. The van der Waals surface area contributed by atoms with Gasteiger partial charge in [-0.1, -0.05) is 12.1 Å². The molecule has 0 aliphatic heterocycles. The van der Waals surface area contributed by atoms with Crippen LogP contribution in [0.25, 0.3) is 5.69 Å². The van der Waals surface area contributed by atoms with Gasteiger partial charge in [0, 0.05) is 18.9 Å². The molecule has 2 aromatic heterocycles. The predicted molar refractivity (Wildman–Crippen MR) is 88.7 cm³/mol. The number of para-hydroxylation sites is 1. The standard InChI is InChI=1S/C17H16FN5O/c1-2-23-16(18)13(12-20-23)11-19-21-17(24)14-7-3-4-8-15(14)22-9-5-6-10-22/h3-12H,2H2,1H3,(H,21,24)/b19-11+. The van der Waals surface area contributed by atoms with E-state index >= 15 is 0 Å². The molecule has 3 aromatic rings. The van der Waals surface area contributed by atoms with E-state index in [1.54, 1.807) is 19.1 Å². The highest BCUT2D eigenvalue weighted by molar-refractivity contribution is 5.98. The van der Waals surface area contributed by atoms with Crippen LogP contribution in [0.5, 0.6) is 0 Å². The van der Waals surface area contributed by atoms with Gasteiger partial charge in [-0.3, -0.25) is 4.79 Å². The molecule has 0 fully saturated rings. The van der Waals surface area contributed by atoms with E-state index in [0.29, 0.717) is 12.1 Å². The van der Waals surface area contributed by atoms with Gasteiger partial charge in [0.15, 0.2) is 0 Å². The van der Waals surface area contributed by atoms with E-state index < -0.39 is 5.95 Å². The quantitative estimate of drug-likeness (QED) is 0.579. The molecule has 122 valence electrons. The maximum Gasteiger partial charge on any atom is 0.273 e. The number of nitrogens with one attached hydrogen (secondary N) is 1. The highest BCUT2D eigenvalue weighted by Gasteiger charge is 2.11. The van der Waals surface area contributed by atoms with E-state index in [1.807, 2.05) is 41.2 Å². The van der Waals surface area contributed by atoms with E-state index in [2.05, 4.69) is 15.6 Å². The number of hydrogen-bond donors (Lipinski definition) is 1. The van der Waals surface area contributed by atoms with Crippen LogP contribution in [0.15, 0.2) is 60.1 Å². The van der Waals surface area contributed by atoms with E-state index in [9.17, 15) is 9.18 Å². The number of rotatable bonds is 5. The third-order valence-electron chi connectivity index (χ3n) is 3.50. The summed E-state index contributed by atoms with van der Waals surface area (Å²) in [5, 5.41) is 7.69. The fourth-order valence-electron chi connectivity index (χ4n) is 2.30. The van der Waals surface area contributed by atoms with Crippen LogP contribution in [0, 0.1) is 5.95 Å². The number of nitrogens with zero attached hydrogens (tertiary/aromatic N) is 4. The second-order valence-electron chi connectivity index (χ2n) is 5.01. The molecule has 0 bridgehead atoms. The number of aromatic nitrogens is 3. The van der Waals surface area contributed by atoms with Crippen LogP contribution in [0.2, 0.25) is 0 Å². The highest BCUT2D eigenvalue weighted by Crippen LogP contribution is 2.14. The third kappa shape index (κ3) is 3.10. The van der Waals surface area contributed by atoms with E-state index in [4.69, 9.17) is 0 Å². The van der Waals surface area contributed by atoms with Crippen LogP contribution in [0.3, 0.4) is 0 Å². The monoisotopic (exact) mass is 325 g/mol. The van der Waals surface area contributed by atoms with Gasteiger partial charge in [-0.25, -0.2) is 10.1 Å². The van der Waals surface area contributed by atoms with Crippen molar-refractivity contribution in [1.29, 1.82) is 0 Å². The van der Waals surface area contributed by atoms with Gasteiger partial charge in [0.2, 0.25) is 5.95 Å². The minimum atomic E-state index is -0.483. The van der Waals surface area contributed by atoms with Crippen LogP contribution in [-0.2, 0) is 6.54 Å². The summed E-state index contributed by atoms with van der Waals surface area (Å²) in [6, 6.07) is 10.9. The maximum absolute atomic E-state index is 13.8. The summed E-state index contributed by atoms with van der Waals surface area (Å²) in [5.41, 5.74) is 3.84. The van der Waals surface area contributed by atoms with Crippen molar-refractivity contribution in [3.63, 3.8) is 0 Å². The van der Waals surface area contributed by atoms with E-state index in [-0.39, 0.29) is 11.5 Å². The first-order chi connectivity index (χ1) is 11.7. The molecule has 0 atom stereocenters. The lowest BCUT2D eigenvalue weighted by atomic mass is 10.1. The Bertz CT molecular complexity index is 867. The number of aryl methyl sites for hydroxylation is 1. The number of carbonyl (C=O) groups is 1. The van der Waals surface area contributed by atoms with Crippen molar-refractivity contribution in [3.05, 3.63) is 72.1 Å². The second-order valence-corrected chi connectivity index (χ2v) is 5.01. The summed E-state index contributed by atoms with van der Waals surface area (Å²) >= 11 is 0. The Balaban J connectivity index is 1.76. The van der Waals surface area contributed by atoms with Crippen LogP contribution >= 0.6 is 0 Å². The highest BCUT2D eigenvalue weighted by atomic mass is 19.1. The Hall–Kier alpha value is -3.22. The molecule has 0 spiro atoms. The minimum Gasteiger partial charge on any atom is -0.323 e. The number of carbonyl (C=O) groups excluding carboxylic acids is 1. The van der Waals surface area contributed by atoms with Crippen molar-refractivity contribution in [2.75, 3.05) is 0 Å². The summed E-state index contributed by atoms with van der Waals surface area (Å²) in [5.74, 6) is -0.859. The molecular formula is C17H16FN5O. The zero-order valence-electron chi connectivity index (χ0n) is 13.1. The molecule has 0 radical (unpaired) electrons. The Labute approximate surface area is 138 Å². The summed E-state index contributed by atoms with van der Waals surface area (Å²) in [7, 11) is 0. The van der Waals surface area contributed by atoms with Gasteiger partial charge >= 0.3 is 0 Å². The summed E-state index contributed by atoms with van der Waals surface area (Å²) in [6.45, 7) is 2.22. The van der Waals surface area contributed by atoms with Gasteiger partial charge in [0.05, 0.1) is 29.2 Å². The number of hydrazone groups is 1. The molecule has 1 aromatic carbocycles. The average Bonchev–Trinajstić information content (AvgIpc) is 3.25. The molecule has 6 nitrogen and oxygen atoms in total. The molecule has 0 saturated carbocycles. The van der Waals surface area contributed by atoms with Gasteiger partial charge in [0.25, 0.3) is 5.91 Å². The Morgan fingerprint density at radius 2 is 2.04 bits per heavy atom. The van der Waals surface area contributed by atoms with Crippen LogP contribution in [0.4, 0.5) is 4.39 Å². The van der Waals surface area contributed by atoms with E-state index in [1.165, 1.54) is 17.1 Å². The molecule has 7 heteroatoms. The smallest absolute Gasteiger partial charge is 0.273 e.